The third-order valence-electron chi connectivity index (χ3n) is 2.55. The number of hydrogen-bond acceptors (Lipinski definition) is 3. The minimum Gasteiger partial charge on any atom is -0.387 e. The summed E-state index contributed by atoms with van der Waals surface area (Å²) in [7, 11) is -3.53. The molecular formula is C10H11Br2NO3S. The number of aliphatic hydroxyl groups is 1. The van der Waals surface area contributed by atoms with Gasteiger partial charge in [-0.2, -0.15) is 4.31 Å². The van der Waals surface area contributed by atoms with Gasteiger partial charge in [0, 0.05) is 22.0 Å². The minimum atomic E-state index is -3.53. The van der Waals surface area contributed by atoms with Crippen LogP contribution in [0.3, 0.4) is 0 Å². The summed E-state index contributed by atoms with van der Waals surface area (Å²) in [5.74, 6) is 0. The summed E-state index contributed by atoms with van der Waals surface area (Å²) in [6.07, 6.45) is 0. The Kier molecular flexibility index (Phi) is 3.42. The van der Waals surface area contributed by atoms with Crippen LogP contribution in [0.15, 0.2) is 32.0 Å². The number of sulfonamides is 1. The Morgan fingerprint density at radius 1 is 1.35 bits per heavy atom. The molecular weight excluding hydrogens is 374 g/mol. The first kappa shape index (κ1) is 13.5. The smallest absolute Gasteiger partial charge is 0.244 e. The topological polar surface area (TPSA) is 57.6 Å². The quantitative estimate of drug-likeness (QED) is 0.847. The van der Waals surface area contributed by atoms with Gasteiger partial charge < -0.3 is 5.11 Å². The van der Waals surface area contributed by atoms with E-state index in [1.165, 1.54) is 4.31 Å². The standard InChI is InChI=1S/C10H11Br2NO3S/c1-10(14)5-13(6-10)17(15,16)9-4-7(11)2-3-8(9)12/h2-4,14H,5-6H2,1H3. The molecule has 0 radical (unpaired) electrons. The molecule has 0 aliphatic carbocycles. The second kappa shape index (κ2) is 4.31. The predicted molar refractivity (Wildman–Crippen MR) is 71.2 cm³/mol. The van der Waals surface area contributed by atoms with Crippen LogP contribution in [0.25, 0.3) is 0 Å². The molecule has 1 heterocycles. The molecule has 0 saturated carbocycles. The molecule has 0 aromatic heterocycles. The summed E-state index contributed by atoms with van der Waals surface area (Å²) >= 11 is 6.47. The number of nitrogens with zero attached hydrogens (tertiary/aromatic N) is 1. The van der Waals surface area contributed by atoms with Crippen molar-refractivity contribution in [2.75, 3.05) is 13.1 Å². The van der Waals surface area contributed by atoms with Gasteiger partial charge in [-0.1, -0.05) is 15.9 Å². The average molecular weight is 385 g/mol. The predicted octanol–water partition coefficient (Wildman–Crippen LogP) is 1.97. The lowest BCUT2D eigenvalue weighted by molar-refractivity contribution is -0.0426. The summed E-state index contributed by atoms with van der Waals surface area (Å²) < 4.78 is 27.0. The van der Waals surface area contributed by atoms with Crippen molar-refractivity contribution in [3.05, 3.63) is 27.1 Å². The Bertz CT molecular complexity index is 549. The van der Waals surface area contributed by atoms with Crippen LogP contribution in [-0.2, 0) is 10.0 Å². The fraction of sp³-hybridized carbons (Fsp3) is 0.400. The van der Waals surface area contributed by atoms with E-state index in [1.807, 2.05) is 0 Å². The SMILES string of the molecule is CC1(O)CN(S(=O)(=O)c2cc(Br)ccc2Br)C1. The van der Waals surface area contributed by atoms with Crippen molar-refractivity contribution < 1.29 is 13.5 Å². The second-order valence-electron chi connectivity index (χ2n) is 4.34. The average Bonchev–Trinajstić information content (AvgIpc) is 2.18. The lowest BCUT2D eigenvalue weighted by Gasteiger charge is -2.42. The van der Waals surface area contributed by atoms with Gasteiger partial charge in [-0.05, 0) is 41.1 Å². The molecule has 94 valence electrons. The van der Waals surface area contributed by atoms with Crippen molar-refractivity contribution in [2.45, 2.75) is 17.4 Å². The molecule has 2 rings (SSSR count). The number of hydrogen-bond donors (Lipinski definition) is 1. The van der Waals surface area contributed by atoms with Gasteiger partial charge in [-0.15, -0.1) is 0 Å². The van der Waals surface area contributed by atoms with E-state index in [1.54, 1.807) is 25.1 Å². The Morgan fingerprint density at radius 2 is 1.94 bits per heavy atom. The van der Waals surface area contributed by atoms with Crippen molar-refractivity contribution in [3.8, 4) is 0 Å². The maximum atomic E-state index is 12.2. The molecule has 0 spiro atoms. The summed E-state index contributed by atoms with van der Waals surface area (Å²) in [4.78, 5) is 0.211. The van der Waals surface area contributed by atoms with Gasteiger partial charge in [-0.25, -0.2) is 8.42 Å². The first-order chi connectivity index (χ1) is 7.72. The summed E-state index contributed by atoms with van der Waals surface area (Å²) in [6.45, 7) is 1.89. The van der Waals surface area contributed by atoms with Crippen LogP contribution in [0.2, 0.25) is 0 Å². The van der Waals surface area contributed by atoms with Gasteiger partial charge in [0.2, 0.25) is 10.0 Å². The van der Waals surface area contributed by atoms with Gasteiger partial charge in [0.1, 0.15) is 0 Å². The summed E-state index contributed by atoms with van der Waals surface area (Å²) in [6, 6.07) is 4.98. The Morgan fingerprint density at radius 3 is 2.47 bits per heavy atom. The minimum absolute atomic E-state index is 0.133. The van der Waals surface area contributed by atoms with E-state index in [-0.39, 0.29) is 18.0 Å². The van der Waals surface area contributed by atoms with E-state index in [0.717, 1.165) is 0 Å². The Labute approximate surface area is 117 Å². The molecule has 1 N–H and O–H groups in total. The zero-order valence-corrected chi connectivity index (χ0v) is 13.0. The van der Waals surface area contributed by atoms with Crippen LogP contribution in [0.5, 0.6) is 0 Å². The lowest BCUT2D eigenvalue weighted by atomic mass is 10.0. The highest BCUT2D eigenvalue weighted by molar-refractivity contribution is 9.11. The van der Waals surface area contributed by atoms with Gasteiger partial charge in [0.05, 0.1) is 10.5 Å². The van der Waals surface area contributed by atoms with Crippen molar-refractivity contribution in [1.29, 1.82) is 0 Å². The van der Waals surface area contributed by atoms with E-state index >= 15 is 0 Å². The van der Waals surface area contributed by atoms with E-state index in [2.05, 4.69) is 31.9 Å². The Hall–Kier alpha value is 0.0500. The van der Waals surface area contributed by atoms with Crippen LogP contribution >= 0.6 is 31.9 Å². The van der Waals surface area contributed by atoms with Gasteiger partial charge in [-0.3, -0.25) is 0 Å². The molecule has 0 atom stereocenters. The molecule has 1 aromatic rings. The van der Waals surface area contributed by atoms with E-state index < -0.39 is 15.6 Å². The third kappa shape index (κ3) is 2.58. The number of halogens is 2. The third-order valence-corrected chi connectivity index (χ3v) is 5.82. The molecule has 1 aliphatic heterocycles. The van der Waals surface area contributed by atoms with Gasteiger partial charge in [0.15, 0.2) is 0 Å². The normalized spacial score (nSPS) is 20.0. The first-order valence-electron chi connectivity index (χ1n) is 4.90. The summed E-state index contributed by atoms with van der Waals surface area (Å²) in [5, 5.41) is 9.59. The van der Waals surface area contributed by atoms with Crippen molar-refractivity contribution in [1.82, 2.24) is 4.31 Å². The zero-order valence-electron chi connectivity index (χ0n) is 9.02. The van der Waals surface area contributed by atoms with Crippen LogP contribution < -0.4 is 0 Å². The van der Waals surface area contributed by atoms with Crippen molar-refractivity contribution >= 4 is 41.9 Å². The largest absolute Gasteiger partial charge is 0.387 e. The molecule has 1 aliphatic rings. The highest BCUT2D eigenvalue weighted by atomic mass is 79.9. The maximum Gasteiger partial charge on any atom is 0.244 e. The molecule has 1 aromatic carbocycles. The lowest BCUT2D eigenvalue weighted by Crippen LogP contribution is -2.61. The molecule has 0 amide bonds. The number of rotatable bonds is 2. The van der Waals surface area contributed by atoms with E-state index in [0.29, 0.717) is 8.95 Å². The van der Waals surface area contributed by atoms with Gasteiger partial charge in [0.25, 0.3) is 0 Å². The van der Waals surface area contributed by atoms with Crippen molar-refractivity contribution in [3.63, 3.8) is 0 Å². The molecule has 7 heteroatoms. The van der Waals surface area contributed by atoms with Gasteiger partial charge >= 0.3 is 0 Å². The monoisotopic (exact) mass is 383 g/mol. The second-order valence-corrected chi connectivity index (χ2v) is 8.02. The molecule has 0 unspecified atom stereocenters. The fourth-order valence-corrected chi connectivity index (χ4v) is 4.84. The fourth-order valence-electron chi connectivity index (χ4n) is 1.70. The van der Waals surface area contributed by atoms with E-state index in [4.69, 9.17) is 0 Å². The zero-order chi connectivity index (χ0) is 12.8. The van der Waals surface area contributed by atoms with Crippen molar-refractivity contribution in [2.24, 2.45) is 0 Å². The first-order valence-corrected chi connectivity index (χ1v) is 7.93. The molecule has 4 nitrogen and oxygen atoms in total. The highest BCUT2D eigenvalue weighted by Gasteiger charge is 2.44. The van der Waals surface area contributed by atoms with Crippen LogP contribution in [-0.4, -0.2) is 36.5 Å². The van der Waals surface area contributed by atoms with Crippen LogP contribution in [0.1, 0.15) is 6.92 Å². The van der Waals surface area contributed by atoms with E-state index in [9.17, 15) is 13.5 Å². The molecule has 1 saturated heterocycles. The number of β-amino-alcohol motifs (C(OH)–C–C–N with tert-alkyl or cyclic N) is 1. The maximum absolute atomic E-state index is 12.2. The van der Waals surface area contributed by atoms with Crippen LogP contribution in [0, 0.1) is 0 Å². The highest BCUT2D eigenvalue weighted by Crippen LogP contribution is 2.32. The molecule has 0 bridgehead atoms. The summed E-state index contributed by atoms with van der Waals surface area (Å²) in [5.41, 5.74) is -0.911. The Balaban J connectivity index is 2.36. The van der Waals surface area contributed by atoms with Crippen LogP contribution in [0.4, 0.5) is 0 Å². The molecule has 1 fully saturated rings. The molecule has 17 heavy (non-hydrogen) atoms. The number of benzene rings is 1.